The maximum Gasteiger partial charge on any atom is 0.324 e. The number of aliphatic carboxylic acids is 2. The predicted molar refractivity (Wildman–Crippen MR) is 88.7 cm³/mol. The van der Waals surface area contributed by atoms with Gasteiger partial charge in [0.2, 0.25) is 0 Å². The molecule has 1 heterocycles. The van der Waals surface area contributed by atoms with Crippen LogP contribution in [-0.2, 0) is 22.8 Å². The first-order valence-electron chi connectivity index (χ1n) is 7.73. The molecule has 0 bridgehead atoms. The van der Waals surface area contributed by atoms with Crippen LogP contribution in [0.25, 0.3) is 0 Å². The molecule has 0 saturated carbocycles. The van der Waals surface area contributed by atoms with E-state index < -0.39 is 23.4 Å². The first kappa shape index (κ1) is 22.8. The second kappa shape index (κ2) is 9.92. The fourth-order valence-corrected chi connectivity index (χ4v) is 2.30. The van der Waals surface area contributed by atoms with Crippen LogP contribution in [-0.4, -0.2) is 48.0 Å². The summed E-state index contributed by atoms with van der Waals surface area (Å²) >= 11 is 0. The van der Waals surface area contributed by atoms with Crippen LogP contribution < -0.4 is 5.73 Å². The first-order chi connectivity index (χ1) is 11.6. The number of aromatic hydroxyl groups is 1. The van der Waals surface area contributed by atoms with Gasteiger partial charge in [0, 0.05) is 17.3 Å². The van der Waals surface area contributed by atoms with Crippen molar-refractivity contribution >= 4 is 11.9 Å². The van der Waals surface area contributed by atoms with E-state index >= 15 is 0 Å². The molecule has 9 nitrogen and oxygen atoms in total. The van der Waals surface area contributed by atoms with E-state index in [0.29, 0.717) is 16.8 Å². The molecule has 1 rings (SSSR count). The lowest BCUT2D eigenvalue weighted by Gasteiger charge is -2.28. The summed E-state index contributed by atoms with van der Waals surface area (Å²) in [5, 5.41) is 44.6. The van der Waals surface area contributed by atoms with Crippen LogP contribution in [0, 0.1) is 12.8 Å². The molecule has 0 saturated heterocycles. The first-order valence-corrected chi connectivity index (χ1v) is 7.73. The van der Waals surface area contributed by atoms with Gasteiger partial charge in [0.15, 0.2) is 0 Å². The highest BCUT2D eigenvalue weighted by Crippen LogP contribution is 2.23. The molecule has 0 aromatic carbocycles. The van der Waals surface area contributed by atoms with E-state index in [1.54, 1.807) is 20.8 Å². The lowest BCUT2D eigenvalue weighted by molar-refractivity contribution is -0.155. The number of carbonyl (C=O) groups is 2. The third-order valence-electron chi connectivity index (χ3n) is 4.07. The number of pyridine rings is 1. The van der Waals surface area contributed by atoms with Crippen molar-refractivity contribution in [2.24, 2.45) is 11.7 Å². The maximum absolute atomic E-state index is 10.8. The summed E-state index contributed by atoms with van der Waals surface area (Å²) < 4.78 is 0. The number of aliphatic hydroxyl groups is 2. The number of carboxylic acids is 2. The third-order valence-corrected chi connectivity index (χ3v) is 4.07. The van der Waals surface area contributed by atoms with Gasteiger partial charge in [-0.25, -0.2) is 0 Å². The van der Waals surface area contributed by atoms with Crippen LogP contribution in [0.2, 0.25) is 0 Å². The molecule has 0 spiro atoms. The molecule has 0 fully saturated rings. The monoisotopic (exact) mass is 358 g/mol. The van der Waals surface area contributed by atoms with Crippen molar-refractivity contribution in [3.8, 4) is 5.75 Å². The smallest absolute Gasteiger partial charge is 0.324 e. The second-order valence-corrected chi connectivity index (χ2v) is 5.51. The summed E-state index contributed by atoms with van der Waals surface area (Å²) in [6.45, 7) is 4.30. The van der Waals surface area contributed by atoms with E-state index in [-0.39, 0.29) is 31.8 Å². The van der Waals surface area contributed by atoms with Gasteiger partial charge < -0.3 is 31.3 Å². The zero-order valence-electron chi connectivity index (χ0n) is 14.6. The fourth-order valence-electron chi connectivity index (χ4n) is 2.30. The van der Waals surface area contributed by atoms with Gasteiger partial charge in [-0.05, 0) is 19.8 Å². The van der Waals surface area contributed by atoms with Gasteiger partial charge in [-0.2, -0.15) is 0 Å². The van der Waals surface area contributed by atoms with Crippen LogP contribution in [0.4, 0.5) is 0 Å². The van der Waals surface area contributed by atoms with E-state index in [0.717, 1.165) is 0 Å². The van der Waals surface area contributed by atoms with Gasteiger partial charge in [-0.3, -0.25) is 14.6 Å². The van der Waals surface area contributed by atoms with Gasteiger partial charge in [0.1, 0.15) is 11.3 Å². The summed E-state index contributed by atoms with van der Waals surface area (Å²) in [6.07, 6.45) is 1.76. The summed E-state index contributed by atoms with van der Waals surface area (Å²) in [5.41, 5.74) is 5.13. The largest absolute Gasteiger partial charge is 0.506 e. The number of aliphatic hydroxyl groups excluding tert-OH is 2. The molecular formula is C16H26N2O7. The minimum absolute atomic E-state index is 0.0379. The van der Waals surface area contributed by atoms with Crippen LogP contribution in [0.15, 0.2) is 6.20 Å². The molecule has 1 aromatic heterocycles. The number of aromatic nitrogens is 1. The molecule has 0 aliphatic rings. The number of rotatable bonds is 7. The highest BCUT2D eigenvalue weighted by molar-refractivity contribution is 5.86. The van der Waals surface area contributed by atoms with Gasteiger partial charge in [0.05, 0.1) is 24.8 Å². The van der Waals surface area contributed by atoms with Crippen molar-refractivity contribution in [1.29, 1.82) is 0 Å². The lowest BCUT2D eigenvalue weighted by atomic mass is 9.81. The van der Waals surface area contributed by atoms with Gasteiger partial charge in [-0.1, -0.05) is 13.8 Å². The van der Waals surface area contributed by atoms with E-state index in [1.165, 1.54) is 6.20 Å². The average molecular weight is 358 g/mol. The quantitative estimate of drug-likeness (QED) is 0.402. The van der Waals surface area contributed by atoms with Crippen molar-refractivity contribution in [3.63, 3.8) is 0 Å². The Kier molecular flexibility index (Phi) is 9.03. The Labute approximate surface area is 145 Å². The highest BCUT2D eigenvalue weighted by Gasteiger charge is 2.43. The topological polar surface area (TPSA) is 174 Å². The highest BCUT2D eigenvalue weighted by atomic mass is 16.4. The van der Waals surface area contributed by atoms with Crippen molar-refractivity contribution in [1.82, 2.24) is 4.98 Å². The Morgan fingerprint density at radius 3 is 2.08 bits per heavy atom. The molecular weight excluding hydrogens is 332 g/mol. The minimum Gasteiger partial charge on any atom is -0.506 e. The molecule has 7 N–H and O–H groups in total. The summed E-state index contributed by atoms with van der Waals surface area (Å²) in [4.78, 5) is 25.3. The summed E-state index contributed by atoms with van der Waals surface area (Å²) in [5.74, 6) is -3.49. The summed E-state index contributed by atoms with van der Waals surface area (Å²) in [7, 11) is 0. The van der Waals surface area contributed by atoms with Crippen LogP contribution in [0.5, 0.6) is 5.75 Å². The van der Waals surface area contributed by atoms with E-state index in [2.05, 4.69) is 4.98 Å². The van der Waals surface area contributed by atoms with Crippen molar-refractivity contribution in [2.75, 3.05) is 0 Å². The molecule has 25 heavy (non-hydrogen) atoms. The maximum atomic E-state index is 10.8. The molecule has 0 aliphatic carbocycles. The predicted octanol–water partition coefficient (Wildman–Crippen LogP) is 0.370. The zero-order chi connectivity index (χ0) is 19.8. The number of aryl methyl sites for hydroxylation is 1. The number of nitrogens with two attached hydrogens (primary N) is 1. The van der Waals surface area contributed by atoms with Crippen LogP contribution in [0.3, 0.4) is 0 Å². The number of nitrogens with zero attached hydrogens (tertiary/aromatic N) is 1. The molecule has 0 aliphatic heterocycles. The van der Waals surface area contributed by atoms with Gasteiger partial charge >= 0.3 is 11.9 Å². The Hall–Kier alpha value is -2.23. The SMILES string of the molecule is CCC(C(=O)O)C(N)(CC)C(=O)O.Cc1ncc(CO)c(CO)c1O. The van der Waals surface area contributed by atoms with Crippen LogP contribution in [0.1, 0.15) is 43.5 Å². The number of hydrogen-bond acceptors (Lipinski definition) is 7. The molecule has 2 atom stereocenters. The lowest BCUT2D eigenvalue weighted by Crippen LogP contribution is -2.56. The average Bonchev–Trinajstić information content (AvgIpc) is 2.57. The molecule has 2 unspecified atom stereocenters. The van der Waals surface area contributed by atoms with Crippen molar-refractivity contribution in [3.05, 3.63) is 23.0 Å². The minimum atomic E-state index is -1.65. The molecule has 0 radical (unpaired) electrons. The molecule has 0 amide bonds. The van der Waals surface area contributed by atoms with Gasteiger partial charge in [0.25, 0.3) is 0 Å². The number of carboxylic acid groups (broad SMARTS) is 2. The van der Waals surface area contributed by atoms with Crippen molar-refractivity contribution in [2.45, 2.75) is 52.4 Å². The Morgan fingerprint density at radius 1 is 1.24 bits per heavy atom. The fraction of sp³-hybridized carbons (Fsp3) is 0.562. The Morgan fingerprint density at radius 2 is 1.80 bits per heavy atom. The molecule has 142 valence electrons. The van der Waals surface area contributed by atoms with Crippen LogP contribution >= 0.6 is 0 Å². The molecule has 9 heteroatoms. The Balaban J connectivity index is 0.000000462. The third kappa shape index (κ3) is 5.38. The van der Waals surface area contributed by atoms with Crippen molar-refractivity contribution < 1.29 is 35.1 Å². The zero-order valence-corrected chi connectivity index (χ0v) is 14.6. The second-order valence-electron chi connectivity index (χ2n) is 5.51. The van der Waals surface area contributed by atoms with E-state index in [9.17, 15) is 14.7 Å². The van der Waals surface area contributed by atoms with Gasteiger partial charge in [-0.15, -0.1) is 0 Å². The van der Waals surface area contributed by atoms with E-state index in [1.807, 2.05) is 0 Å². The normalized spacial score (nSPS) is 14.0. The molecule has 1 aromatic rings. The number of hydrogen-bond donors (Lipinski definition) is 6. The van der Waals surface area contributed by atoms with E-state index in [4.69, 9.17) is 26.2 Å². The Bertz CT molecular complexity index is 606. The summed E-state index contributed by atoms with van der Waals surface area (Å²) in [6, 6.07) is 0. The standard InChI is InChI=1S/C8H15NO4.C8H11NO3/c1-3-5(6(10)11)8(9,4-2)7(12)13;1-5-8(12)7(4-11)6(3-10)2-9-5/h5H,3-4,9H2,1-2H3,(H,10,11)(H,12,13);2,10-12H,3-4H2,1H3.